The lowest BCUT2D eigenvalue weighted by atomic mass is 10.1. The van der Waals surface area contributed by atoms with E-state index in [0.717, 1.165) is 22.3 Å². The summed E-state index contributed by atoms with van der Waals surface area (Å²) in [5, 5.41) is 5.08. The van der Waals surface area contributed by atoms with Gasteiger partial charge in [0.05, 0.1) is 25.3 Å². The molecule has 4 nitrogen and oxygen atoms in total. The molecule has 0 bridgehead atoms. The predicted molar refractivity (Wildman–Crippen MR) is 96.0 cm³/mol. The first-order valence-corrected chi connectivity index (χ1v) is 8.12. The highest BCUT2D eigenvalue weighted by Crippen LogP contribution is 2.36. The number of halogens is 1. The van der Waals surface area contributed by atoms with Gasteiger partial charge in [0.15, 0.2) is 11.5 Å². The Balaban J connectivity index is 1.74. The van der Waals surface area contributed by atoms with Gasteiger partial charge in [-0.05, 0) is 36.8 Å². The fraction of sp³-hybridized carbons (Fsp3) is 0.263. The summed E-state index contributed by atoms with van der Waals surface area (Å²) in [7, 11) is 3.17. The van der Waals surface area contributed by atoms with Crippen molar-refractivity contribution >= 4 is 22.6 Å². The van der Waals surface area contributed by atoms with Gasteiger partial charge in [-0.3, -0.25) is 0 Å². The first-order chi connectivity index (χ1) is 11.6. The lowest BCUT2D eigenvalue weighted by molar-refractivity contribution is 0.354. The van der Waals surface area contributed by atoms with E-state index >= 15 is 0 Å². The Morgan fingerprint density at radius 1 is 1.12 bits per heavy atom. The molecule has 3 rings (SSSR count). The highest BCUT2D eigenvalue weighted by molar-refractivity contribution is 6.32. The molecule has 126 valence electrons. The molecular formula is C19H20ClNO3. The molecule has 0 saturated carbocycles. The second kappa shape index (κ2) is 7.16. The zero-order valence-electron chi connectivity index (χ0n) is 13.9. The molecule has 3 aromatic rings. The van der Waals surface area contributed by atoms with Crippen molar-refractivity contribution in [1.29, 1.82) is 0 Å². The van der Waals surface area contributed by atoms with E-state index in [1.165, 1.54) is 0 Å². The molecule has 0 spiro atoms. The van der Waals surface area contributed by atoms with Crippen molar-refractivity contribution in [2.45, 2.75) is 19.5 Å². The molecular weight excluding hydrogens is 326 g/mol. The van der Waals surface area contributed by atoms with Crippen LogP contribution in [-0.4, -0.2) is 14.2 Å². The van der Waals surface area contributed by atoms with E-state index in [9.17, 15) is 0 Å². The zero-order chi connectivity index (χ0) is 17.1. The first-order valence-electron chi connectivity index (χ1n) is 7.74. The molecule has 0 radical (unpaired) electrons. The van der Waals surface area contributed by atoms with Crippen molar-refractivity contribution in [1.82, 2.24) is 5.32 Å². The Kier molecular flexibility index (Phi) is 4.97. The summed E-state index contributed by atoms with van der Waals surface area (Å²) in [6, 6.07) is 13.9. The van der Waals surface area contributed by atoms with Crippen LogP contribution < -0.4 is 14.8 Å². The topological polar surface area (TPSA) is 43.6 Å². The van der Waals surface area contributed by atoms with E-state index in [2.05, 4.69) is 18.3 Å². The maximum Gasteiger partial charge on any atom is 0.179 e. The van der Waals surface area contributed by atoms with Gasteiger partial charge in [0.25, 0.3) is 0 Å². The Hall–Kier alpha value is -2.17. The number of rotatable bonds is 6. The molecule has 24 heavy (non-hydrogen) atoms. The summed E-state index contributed by atoms with van der Waals surface area (Å²) in [5.74, 6) is 2.08. The van der Waals surface area contributed by atoms with Crippen molar-refractivity contribution in [3.05, 3.63) is 58.8 Å². The van der Waals surface area contributed by atoms with Crippen molar-refractivity contribution < 1.29 is 13.9 Å². The summed E-state index contributed by atoms with van der Waals surface area (Å²) in [6.07, 6.45) is 0. The Morgan fingerprint density at radius 3 is 2.62 bits per heavy atom. The normalized spacial score (nSPS) is 12.3. The van der Waals surface area contributed by atoms with E-state index in [1.807, 2.05) is 36.4 Å². The summed E-state index contributed by atoms with van der Waals surface area (Å²) in [6.45, 7) is 2.71. The average Bonchev–Trinajstić information content (AvgIpc) is 3.03. The number of ether oxygens (including phenoxy) is 2. The van der Waals surface area contributed by atoms with E-state index in [0.29, 0.717) is 23.1 Å². The lowest BCUT2D eigenvalue weighted by Crippen LogP contribution is -2.17. The van der Waals surface area contributed by atoms with Gasteiger partial charge < -0.3 is 19.2 Å². The number of hydrogen-bond donors (Lipinski definition) is 1. The number of methoxy groups -OCH3 is 2. The third-order valence-corrected chi connectivity index (χ3v) is 4.26. The molecule has 1 atom stereocenters. The van der Waals surface area contributed by atoms with Gasteiger partial charge in [-0.15, -0.1) is 0 Å². The van der Waals surface area contributed by atoms with E-state index in [1.54, 1.807) is 14.2 Å². The average molecular weight is 346 g/mol. The van der Waals surface area contributed by atoms with Gasteiger partial charge in [-0.25, -0.2) is 0 Å². The highest BCUT2D eigenvalue weighted by atomic mass is 35.5. The molecule has 0 saturated heterocycles. The number of para-hydroxylation sites is 1. The van der Waals surface area contributed by atoms with Crippen molar-refractivity contribution in [2.24, 2.45) is 0 Å². The van der Waals surface area contributed by atoms with E-state index < -0.39 is 0 Å². The van der Waals surface area contributed by atoms with Crippen LogP contribution in [0.15, 0.2) is 46.9 Å². The Morgan fingerprint density at radius 2 is 1.92 bits per heavy atom. The van der Waals surface area contributed by atoms with Crippen molar-refractivity contribution in [2.75, 3.05) is 14.2 Å². The van der Waals surface area contributed by atoms with Crippen molar-refractivity contribution in [3.8, 4) is 11.5 Å². The van der Waals surface area contributed by atoms with E-state index in [-0.39, 0.29) is 6.04 Å². The Bertz CT molecular complexity index is 811. The van der Waals surface area contributed by atoms with Crippen LogP contribution in [0.5, 0.6) is 11.5 Å². The maximum absolute atomic E-state index is 6.25. The largest absolute Gasteiger partial charge is 0.493 e. The molecule has 1 unspecified atom stereocenters. The summed E-state index contributed by atoms with van der Waals surface area (Å²) >= 11 is 6.25. The molecule has 1 heterocycles. The zero-order valence-corrected chi connectivity index (χ0v) is 14.7. The van der Waals surface area contributed by atoms with Gasteiger partial charge in [0, 0.05) is 11.9 Å². The van der Waals surface area contributed by atoms with Gasteiger partial charge in [-0.1, -0.05) is 29.8 Å². The highest BCUT2D eigenvalue weighted by Gasteiger charge is 2.14. The van der Waals surface area contributed by atoms with Crippen LogP contribution in [0.4, 0.5) is 0 Å². The van der Waals surface area contributed by atoms with Crippen LogP contribution in [-0.2, 0) is 6.54 Å². The quantitative estimate of drug-likeness (QED) is 0.686. The minimum atomic E-state index is 0.0734. The van der Waals surface area contributed by atoms with Gasteiger partial charge in [-0.2, -0.15) is 0 Å². The van der Waals surface area contributed by atoms with E-state index in [4.69, 9.17) is 25.5 Å². The number of furan rings is 1. The van der Waals surface area contributed by atoms with Crippen LogP contribution in [0.2, 0.25) is 5.02 Å². The molecule has 0 aliphatic carbocycles. The third-order valence-electron chi connectivity index (χ3n) is 3.98. The number of benzene rings is 2. The fourth-order valence-corrected chi connectivity index (χ4v) is 2.97. The predicted octanol–water partition coefficient (Wildman–Crippen LogP) is 4.95. The molecule has 0 fully saturated rings. The third kappa shape index (κ3) is 3.35. The SMILES string of the molecule is COc1cc(CNC(C)c2cc3ccccc3o2)cc(Cl)c1OC. The van der Waals surface area contributed by atoms with Gasteiger partial charge >= 0.3 is 0 Å². The van der Waals surface area contributed by atoms with Gasteiger partial charge in [0.2, 0.25) is 0 Å². The fourth-order valence-electron chi connectivity index (χ4n) is 2.66. The maximum atomic E-state index is 6.25. The number of fused-ring (bicyclic) bond motifs is 1. The second-order valence-corrected chi connectivity index (χ2v) is 6.01. The summed E-state index contributed by atoms with van der Waals surface area (Å²) in [4.78, 5) is 0. The molecule has 1 N–H and O–H groups in total. The molecule has 1 aromatic heterocycles. The molecule has 0 amide bonds. The number of hydrogen-bond acceptors (Lipinski definition) is 4. The van der Waals surface area contributed by atoms with Crippen molar-refractivity contribution in [3.63, 3.8) is 0 Å². The minimum absolute atomic E-state index is 0.0734. The monoisotopic (exact) mass is 345 g/mol. The standard InChI is InChI=1S/C19H20ClNO3/c1-12(17-10-14-6-4-5-7-16(14)24-17)21-11-13-8-15(20)19(23-3)18(9-13)22-2/h4-10,12,21H,11H2,1-3H3. The first kappa shape index (κ1) is 16.7. The van der Waals surface area contributed by atoms with Crippen LogP contribution in [0.3, 0.4) is 0 Å². The summed E-state index contributed by atoms with van der Waals surface area (Å²) in [5.41, 5.74) is 1.91. The lowest BCUT2D eigenvalue weighted by Gasteiger charge is -2.14. The molecule has 5 heteroatoms. The van der Waals surface area contributed by atoms with Crippen LogP contribution in [0.1, 0.15) is 24.3 Å². The Labute approximate surface area is 146 Å². The molecule has 0 aliphatic rings. The van der Waals surface area contributed by atoms with Crippen LogP contribution in [0, 0.1) is 0 Å². The van der Waals surface area contributed by atoms with Crippen LogP contribution >= 0.6 is 11.6 Å². The van der Waals surface area contributed by atoms with Crippen LogP contribution in [0.25, 0.3) is 11.0 Å². The second-order valence-electron chi connectivity index (χ2n) is 5.60. The van der Waals surface area contributed by atoms with Gasteiger partial charge in [0.1, 0.15) is 11.3 Å². The minimum Gasteiger partial charge on any atom is -0.493 e. The smallest absolute Gasteiger partial charge is 0.179 e. The number of nitrogens with one attached hydrogen (secondary N) is 1. The molecule has 2 aromatic carbocycles. The summed E-state index contributed by atoms with van der Waals surface area (Å²) < 4.78 is 16.5. The molecule has 0 aliphatic heterocycles.